The average Bonchev–Trinajstić information content (AvgIpc) is 1.80. The molecular weight excluding hydrogens is 253 g/mol. The van der Waals surface area contributed by atoms with Crippen LogP contribution in [0.1, 0.15) is 0 Å². The lowest BCUT2D eigenvalue weighted by Gasteiger charge is -1.91. The van der Waals surface area contributed by atoms with Crippen molar-refractivity contribution in [2.45, 2.75) is 0 Å². The number of nitrogens with zero attached hydrogens (tertiary/aromatic N) is 1. The molecule has 0 aliphatic rings. The van der Waals surface area contributed by atoms with Crippen LogP contribution in [0.15, 0.2) is 21.3 Å². The second-order valence-corrected chi connectivity index (χ2v) is 3.09. The Bertz CT molecular complexity index is 226. The summed E-state index contributed by atoms with van der Waals surface area (Å²) in [4.78, 5) is 3.67. The summed E-state index contributed by atoms with van der Waals surface area (Å²) >= 11 is 6.00. The molecule has 1 heterocycles. The van der Waals surface area contributed by atoms with Gasteiger partial charge >= 0.3 is 0 Å². The van der Waals surface area contributed by atoms with Crippen LogP contribution in [-0.4, -0.2) is 4.98 Å². The molecule has 0 saturated carbocycles. The number of aromatic nitrogens is 1. The van der Waals surface area contributed by atoms with E-state index < -0.39 is 0 Å². The second-order valence-electron chi connectivity index (χ2n) is 1.43. The van der Waals surface area contributed by atoms with Crippen LogP contribution in [0, 0.1) is 5.82 Å². The van der Waals surface area contributed by atoms with E-state index in [1.807, 2.05) is 0 Å². The Morgan fingerprint density at radius 2 is 2.11 bits per heavy atom. The third-order valence-electron chi connectivity index (χ3n) is 0.763. The fourth-order valence-corrected chi connectivity index (χ4v) is 0.918. The summed E-state index contributed by atoms with van der Waals surface area (Å²) in [7, 11) is 0. The van der Waals surface area contributed by atoms with E-state index in [4.69, 9.17) is 0 Å². The second kappa shape index (κ2) is 2.75. The van der Waals surface area contributed by atoms with Gasteiger partial charge in [0.2, 0.25) is 0 Å². The Morgan fingerprint density at radius 1 is 1.44 bits per heavy atom. The van der Waals surface area contributed by atoms with Crippen LogP contribution in [0.25, 0.3) is 0 Å². The van der Waals surface area contributed by atoms with Crippen LogP contribution >= 0.6 is 31.9 Å². The average molecular weight is 255 g/mol. The quantitative estimate of drug-likeness (QED) is 0.649. The molecule has 0 aromatic carbocycles. The molecule has 0 unspecified atom stereocenters. The zero-order valence-electron chi connectivity index (χ0n) is 4.24. The minimum absolute atomic E-state index is 0.241. The maximum Gasteiger partial charge on any atom is 0.157 e. The summed E-state index contributed by atoms with van der Waals surface area (Å²) in [5, 5.41) is 0. The van der Waals surface area contributed by atoms with Crippen molar-refractivity contribution in [2.75, 3.05) is 0 Å². The number of hydrogen-bond acceptors (Lipinski definition) is 1. The molecule has 1 aromatic heterocycles. The van der Waals surface area contributed by atoms with Gasteiger partial charge in [0.1, 0.15) is 4.60 Å². The van der Waals surface area contributed by atoms with E-state index >= 15 is 0 Å². The van der Waals surface area contributed by atoms with Crippen molar-refractivity contribution in [3.05, 3.63) is 27.2 Å². The number of halogens is 3. The summed E-state index contributed by atoms with van der Waals surface area (Å²) in [6, 6.07) is 1.34. The first-order chi connectivity index (χ1) is 4.20. The summed E-state index contributed by atoms with van der Waals surface area (Å²) in [5.74, 6) is -0.357. The smallest absolute Gasteiger partial charge is 0.157 e. The standard InChI is InChI=1S/C5H2Br2FN/c6-3-1-4(8)5(7)9-2-3/h1-2H. The van der Waals surface area contributed by atoms with Gasteiger partial charge in [-0.2, -0.15) is 0 Å². The highest BCUT2D eigenvalue weighted by molar-refractivity contribution is 9.11. The van der Waals surface area contributed by atoms with Crippen LogP contribution in [0.5, 0.6) is 0 Å². The number of rotatable bonds is 0. The molecule has 1 rings (SSSR count). The van der Waals surface area contributed by atoms with Crippen LogP contribution < -0.4 is 0 Å². The lowest BCUT2D eigenvalue weighted by Crippen LogP contribution is -1.80. The van der Waals surface area contributed by atoms with E-state index in [0.29, 0.717) is 4.47 Å². The fourth-order valence-electron chi connectivity index (χ4n) is 0.398. The molecule has 0 fully saturated rings. The molecule has 1 aromatic rings. The largest absolute Gasteiger partial charge is 0.245 e. The lowest BCUT2D eigenvalue weighted by molar-refractivity contribution is 0.612. The van der Waals surface area contributed by atoms with Gasteiger partial charge in [-0.1, -0.05) is 0 Å². The molecular formula is C5H2Br2FN. The molecule has 0 aliphatic carbocycles. The lowest BCUT2D eigenvalue weighted by atomic mass is 10.5. The van der Waals surface area contributed by atoms with Gasteiger partial charge in [-0.25, -0.2) is 9.37 Å². The van der Waals surface area contributed by atoms with E-state index in [-0.39, 0.29) is 10.4 Å². The molecule has 0 aliphatic heterocycles. The van der Waals surface area contributed by atoms with Gasteiger partial charge in [-0.3, -0.25) is 0 Å². The Morgan fingerprint density at radius 3 is 2.56 bits per heavy atom. The van der Waals surface area contributed by atoms with E-state index in [9.17, 15) is 4.39 Å². The molecule has 0 saturated heterocycles. The van der Waals surface area contributed by atoms with Gasteiger partial charge in [0.15, 0.2) is 5.82 Å². The topological polar surface area (TPSA) is 12.9 Å². The van der Waals surface area contributed by atoms with Gasteiger partial charge in [0.25, 0.3) is 0 Å². The molecule has 0 N–H and O–H groups in total. The van der Waals surface area contributed by atoms with Crippen molar-refractivity contribution in [1.29, 1.82) is 0 Å². The molecule has 0 spiro atoms. The van der Waals surface area contributed by atoms with Gasteiger partial charge in [-0.05, 0) is 37.9 Å². The number of hydrogen-bond donors (Lipinski definition) is 0. The summed E-state index contributed by atoms with van der Waals surface area (Å²) < 4.78 is 13.3. The Balaban J connectivity index is 3.17. The van der Waals surface area contributed by atoms with E-state index in [1.165, 1.54) is 12.3 Å². The SMILES string of the molecule is Fc1cc(Br)cnc1Br. The van der Waals surface area contributed by atoms with Crippen molar-refractivity contribution in [3.63, 3.8) is 0 Å². The van der Waals surface area contributed by atoms with Crippen LogP contribution in [0.3, 0.4) is 0 Å². The maximum absolute atomic E-state index is 12.4. The fraction of sp³-hybridized carbons (Fsp3) is 0. The Labute approximate surface area is 68.6 Å². The molecule has 4 heteroatoms. The van der Waals surface area contributed by atoms with Gasteiger partial charge in [0.05, 0.1) is 0 Å². The summed E-state index contributed by atoms with van der Waals surface area (Å²) in [6.45, 7) is 0. The third kappa shape index (κ3) is 1.72. The van der Waals surface area contributed by atoms with Gasteiger partial charge < -0.3 is 0 Å². The first-order valence-corrected chi connectivity index (χ1v) is 3.75. The van der Waals surface area contributed by atoms with Crippen LogP contribution in [-0.2, 0) is 0 Å². The third-order valence-corrected chi connectivity index (χ3v) is 1.78. The predicted octanol–water partition coefficient (Wildman–Crippen LogP) is 2.75. The molecule has 0 radical (unpaired) electrons. The molecule has 0 atom stereocenters. The summed E-state index contributed by atoms with van der Waals surface area (Å²) in [5.41, 5.74) is 0. The maximum atomic E-state index is 12.4. The molecule has 1 nitrogen and oxygen atoms in total. The normalized spacial score (nSPS) is 9.67. The highest BCUT2D eigenvalue weighted by Crippen LogP contribution is 2.15. The van der Waals surface area contributed by atoms with Crippen molar-refractivity contribution in [2.24, 2.45) is 0 Å². The van der Waals surface area contributed by atoms with Crippen molar-refractivity contribution in [3.8, 4) is 0 Å². The molecule has 0 amide bonds. The zero-order chi connectivity index (χ0) is 6.85. The molecule has 9 heavy (non-hydrogen) atoms. The van der Waals surface area contributed by atoms with E-state index in [0.717, 1.165) is 0 Å². The van der Waals surface area contributed by atoms with Crippen LogP contribution in [0.2, 0.25) is 0 Å². The molecule has 0 bridgehead atoms. The first kappa shape index (κ1) is 7.15. The van der Waals surface area contributed by atoms with Crippen LogP contribution in [0.4, 0.5) is 4.39 Å². The van der Waals surface area contributed by atoms with Crippen molar-refractivity contribution in [1.82, 2.24) is 4.98 Å². The van der Waals surface area contributed by atoms with Gasteiger partial charge in [0, 0.05) is 10.7 Å². The van der Waals surface area contributed by atoms with E-state index in [2.05, 4.69) is 36.8 Å². The number of pyridine rings is 1. The van der Waals surface area contributed by atoms with Gasteiger partial charge in [-0.15, -0.1) is 0 Å². The minimum Gasteiger partial charge on any atom is -0.245 e. The highest BCUT2D eigenvalue weighted by Gasteiger charge is 1.97. The summed E-state index contributed by atoms with van der Waals surface area (Å²) in [6.07, 6.45) is 1.52. The van der Waals surface area contributed by atoms with E-state index in [1.54, 1.807) is 0 Å². The highest BCUT2D eigenvalue weighted by atomic mass is 79.9. The molecule has 48 valence electrons. The Hall–Kier alpha value is 0.0400. The van der Waals surface area contributed by atoms with Crippen molar-refractivity contribution < 1.29 is 4.39 Å². The monoisotopic (exact) mass is 253 g/mol. The first-order valence-electron chi connectivity index (χ1n) is 2.16. The Kier molecular flexibility index (Phi) is 2.18. The minimum atomic E-state index is -0.357. The zero-order valence-corrected chi connectivity index (χ0v) is 7.41. The van der Waals surface area contributed by atoms with Crippen molar-refractivity contribution >= 4 is 31.9 Å². The predicted molar refractivity (Wildman–Crippen MR) is 39.6 cm³/mol.